The van der Waals surface area contributed by atoms with Gasteiger partial charge in [0.1, 0.15) is 30.0 Å². The van der Waals surface area contributed by atoms with Gasteiger partial charge in [-0.05, 0) is 48.0 Å². The average Bonchev–Trinajstić information content (AvgIpc) is 0.817. The maximum atomic E-state index is 15.3. The van der Waals surface area contributed by atoms with E-state index in [1.807, 2.05) is 0 Å². The number of hydrogen-bond donors (Lipinski definition) is 20. The summed E-state index contributed by atoms with van der Waals surface area (Å²) in [5.41, 5.74) is -13.3. The van der Waals surface area contributed by atoms with E-state index in [4.69, 9.17) is 28.4 Å². The third kappa shape index (κ3) is 8.66. The number of fused-ring (bicyclic) bond motifs is 8. The minimum atomic E-state index is -3.00. The number of hydrogen-bond acceptors (Lipinski definition) is 31. The summed E-state index contributed by atoms with van der Waals surface area (Å²) >= 11 is 0. The topological polar surface area (TPSA) is 545 Å². The van der Waals surface area contributed by atoms with Gasteiger partial charge in [0.15, 0.2) is 99.2 Å². The summed E-state index contributed by atoms with van der Waals surface area (Å²) in [5.74, 6) is -38.0. The Morgan fingerprint density at radius 1 is 0.414 bits per heavy atom. The predicted octanol–water partition coefficient (Wildman–Crippen LogP) is 3.30. The molecule has 3 unspecified atom stereocenters. The molecule has 0 saturated heterocycles. The lowest BCUT2D eigenvalue weighted by Gasteiger charge is -2.43. The van der Waals surface area contributed by atoms with Gasteiger partial charge in [-0.25, -0.2) is 24.0 Å². The van der Waals surface area contributed by atoms with E-state index < -0.39 is 267 Å². The van der Waals surface area contributed by atoms with Crippen molar-refractivity contribution >= 4 is 29.8 Å². The van der Waals surface area contributed by atoms with Crippen LogP contribution in [0.1, 0.15) is 86.1 Å². The van der Waals surface area contributed by atoms with Crippen molar-refractivity contribution in [3.8, 4) is 137 Å². The number of esters is 5. The number of aromatic hydroxyl groups is 19. The first-order valence-corrected chi connectivity index (χ1v) is 24.9. The van der Waals surface area contributed by atoms with E-state index >= 15 is 14.4 Å². The van der Waals surface area contributed by atoms with Crippen molar-refractivity contribution in [1.29, 1.82) is 0 Å². The highest BCUT2D eigenvalue weighted by atomic mass is 16.6. The third-order valence-corrected chi connectivity index (χ3v) is 14.9. The zero-order chi connectivity index (χ0) is 63.0. The lowest BCUT2D eigenvalue weighted by molar-refractivity contribution is -0.135. The first kappa shape index (κ1) is 56.7. The number of carbonyl (C=O) groups is 5. The Kier molecular flexibility index (Phi) is 13.1. The lowest BCUT2D eigenvalue weighted by atomic mass is 9.73. The maximum absolute atomic E-state index is 15.3. The fourth-order valence-electron chi connectivity index (χ4n) is 10.9. The van der Waals surface area contributed by atoms with E-state index in [9.17, 15) is 112 Å². The first-order valence-electron chi connectivity index (χ1n) is 24.9. The predicted molar refractivity (Wildman–Crippen MR) is 277 cm³/mol. The number of phenolic OH excluding ortho intramolecular Hbond substituents is 19. The van der Waals surface area contributed by atoms with Gasteiger partial charge < -0.3 is 131 Å². The number of benzene rings is 7. The molecule has 0 amide bonds. The molecule has 7 atom stereocenters. The van der Waals surface area contributed by atoms with Gasteiger partial charge in [-0.2, -0.15) is 0 Å². The second kappa shape index (κ2) is 20.0. The molecule has 0 spiro atoms. The van der Waals surface area contributed by atoms with Gasteiger partial charge in [-0.3, -0.25) is 0 Å². The summed E-state index contributed by atoms with van der Waals surface area (Å²) in [6, 6.07) is 5.59. The number of aliphatic hydroxyl groups is 1. The number of ether oxygens (including phenoxy) is 6. The van der Waals surface area contributed by atoms with Crippen LogP contribution in [-0.2, 0) is 30.1 Å². The number of cyclic esters (lactones) is 3. The second-order valence-electron chi connectivity index (χ2n) is 19.9. The highest BCUT2D eigenvalue weighted by molar-refractivity contribution is 6.11. The molecule has 0 fully saturated rings. The Morgan fingerprint density at radius 2 is 0.908 bits per heavy atom. The summed E-state index contributed by atoms with van der Waals surface area (Å²) in [6.45, 7) is -1.63. The van der Waals surface area contributed by atoms with Gasteiger partial charge in [-0.1, -0.05) is 6.07 Å². The molecule has 4 aliphatic rings. The van der Waals surface area contributed by atoms with E-state index in [1.54, 1.807) is 0 Å². The van der Waals surface area contributed by atoms with Crippen molar-refractivity contribution in [2.45, 2.75) is 49.0 Å². The molecular weight excluding hydrogens is 1170 g/mol. The van der Waals surface area contributed by atoms with Crippen molar-refractivity contribution in [3.63, 3.8) is 0 Å². The number of aliphatic hydroxyl groups excluding tert-OH is 1. The highest BCUT2D eigenvalue weighted by Gasteiger charge is 2.57. The summed E-state index contributed by atoms with van der Waals surface area (Å²) < 4.78 is 35.6. The van der Waals surface area contributed by atoms with Crippen LogP contribution in [0, 0.1) is 0 Å². The summed E-state index contributed by atoms with van der Waals surface area (Å²) in [6.07, 6.45) is -15.7. The van der Waals surface area contributed by atoms with Crippen LogP contribution >= 0.6 is 0 Å². The molecule has 0 aliphatic carbocycles. The van der Waals surface area contributed by atoms with Crippen LogP contribution < -0.4 is 4.74 Å². The highest BCUT2D eigenvalue weighted by Crippen LogP contribution is 2.62. The van der Waals surface area contributed by atoms with Crippen molar-refractivity contribution in [2.24, 2.45) is 0 Å². The Bertz CT molecular complexity index is 4220. The van der Waals surface area contributed by atoms with Crippen LogP contribution in [0.2, 0.25) is 0 Å². The van der Waals surface area contributed by atoms with Gasteiger partial charge in [0, 0.05) is 51.4 Å². The Morgan fingerprint density at radius 3 is 1.46 bits per heavy atom. The molecule has 0 radical (unpaired) electrons. The SMILES string of the molecule is O=C(OC1COC(=O)c2cc(O)c(O)c(O)c2-c2c(cc(O)c(O)c2O)C(=O)O[C@H]1[C@@H]1OC(=O)c2cc(O)c(O)c(O)c2-c2c(O)c(O)c(O)c3c2C(=O)O[C@H]1[C@@H]3c1c(O)cc(O)c2c1OC(c1ccc(O)c(O)c1)C(O)C2)c1cc(O)c(O)c(O)c1. The van der Waals surface area contributed by atoms with Crippen LogP contribution in [-0.4, -0.2) is 169 Å². The molecule has 0 saturated carbocycles. The maximum Gasteiger partial charge on any atom is 0.339 e. The molecule has 4 heterocycles. The number of rotatable bonds is 5. The van der Waals surface area contributed by atoms with Crippen LogP contribution in [0.4, 0.5) is 0 Å². The van der Waals surface area contributed by atoms with E-state index in [0.717, 1.165) is 18.2 Å². The van der Waals surface area contributed by atoms with Crippen LogP contribution in [0.5, 0.6) is 115 Å². The molecule has 2 bridgehead atoms. The van der Waals surface area contributed by atoms with E-state index in [0.29, 0.717) is 36.4 Å². The molecule has 0 aromatic heterocycles. The zero-order valence-electron chi connectivity index (χ0n) is 43.1. The molecule has 31 heteroatoms. The molecule has 20 N–H and O–H groups in total. The normalized spacial score (nSPS) is 20.4. The molecule has 4 aliphatic heterocycles. The number of phenols is 19. The minimum absolute atomic E-state index is 0.140. The van der Waals surface area contributed by atoms with E-state index in [1.165, 1.54) is 0 Å². The third-order valence-electron chi connectivity index (χ3n) is 14.9. The van der Waals surface area contributed by atoms with Gasteiger partial charge in [0.25, 0.3) is 0 Å². The van der Waals surface area contributed by atoms with Crippen molar-refractivity contribution in [3.05, 3.63) is 105 Å². The molecule has 450 valence electrons. The van der Waals surface area contributed by atoms with Crippen LogP contribution in [0.15, 0.2) is 54.6 Å². The average molecular weight is 1210 g/mol. The second-order valence-corrected chi connectivity index (χ2v) is 19.9. The molecule has 7 aromatic carbocycles. The van der Waals surface area contributed by atoms with Crippen molar-refractivity contribution < 1.29 is 155 Å². The Labute approximate surface area is 480 Å². The first-order chi connectivity index (χ1) is 41.0. The van der Waals surface area contributed by atoms with Gasteiger partial charge >= 0.3 is 29.8 Å². The molecule has 11 rings (SSSR count). The largest absolute Gasteiger partial charge is 0.507 e. The minimum Gasteiger partial charge on any atom is -0.507 e. The summed E-state index contributed by atoms with van der Waals surface area (Å²) in [7, 11) is 0. The zero-order valence-corrected chi connectivity index (χ0v) is 43.1. The van der Waals surface area contributed by atoms with Crippen molar-refractivity contribution in [2.75, 3.05) is 6.61 Å². The van der Waals surface area contributed by atoms with E-state index in [-0.39, 0.29) is 5.56 Å². The monoisotopic (exact) mass is 1210 g/mol. The molecule has 31 nitrogen and oxygen atoms in total. The molecule has 7 aromatic rings. The fourth-order valence-corrected chi connectivity index (χ4v) is 10.9. The van der Waals surface area contributed by atoms with Crippen LogP contribution in [0.25, 0.3) is 22.3 Å². The quantitative estimate of drug-likeness (QED) is 0.0668. The lowest BCUT2D eigenvalue weighted by Crippen LogP contribution is -2.56. The van der Waals surface area contributed by atoms with Gasteiger partial charge in [-0.15, -0.1) is 0 Å². The molecular formula is C56H40O31. The van der Waals surface area contributed by atoms with Crippen molar-refractivity contribution in [1.82, 2.24) is 0 Å². The van der Waals surface area contributed by atoms with Gasteiger partial charge in [0.2, 0.25) is 23.0 Å². The van der Waals surface area contributed by atoms with Crippen LogP contribution in [0.3, 0.4) is 0 Å². The fraction of sp³-hybridized carbons (Fsp3) is 0.161. The Hall–Kier alpha value is -12.2. The van der Waals surface area contributed by atoms with Gasteiger partial charge in [0.05, 0.1) is 39.8 Å². The summed E-state index contributed by atoms with van der Waals surface area (Å²) in [4.78, 5) is 74.7. The number of carbonyl (C=O) groups excluding carboxylic acids is 5. The van der Waals surface area contributed by atoms with E-state index in [2.05, 4.69) is 0 Å². The summed E-state index contributed by atoms with van der Waals surface area (Å²) in [5, 5.41) is 222. The smallest absolute Gasteiger partial charge is 0.339 e. The standard InChI is InChI=1S/C56H40O31/c57-18-2-1-12(3-20(18)59)47-27(66)6-14-19(58)10-21(60)32(48(14)84-47)35-34-36-33(44(74)46(76)45(34)75)31-17(9-26(65)40(70)43(31)73)55(80)87-51(50(35)86-56(36)81)49-28(83-52(77)13-4-22(61)37(67)23(62)5-13)11-82-53(78)15-7-24(63)38(68)41(71)29(15)30-16(54(79)85-49)8-25(64)39(69)42(30)72/h1-5,7-10,27-28,35,47,49-51,57-76H,6,11H2/t27?,28?,35-,47?,49-,50+,51+/m1/s1. The molecule has 87 heavy (non-hydrogen) atoms. The Balaban J connectivity index is 1.25.